The molecule has 212 valence electrons. The van der Waals surface area contributed by atoms with Crippen molar-refractivity contribution < 1.29 is 14.4 Å². The number of rotatable bonds is 11. The van der Waals surface area contributed by atoms with Gasteiger partial charge in [-0.25, -0.2) is 10.2 Å². The molecule has 1 atom stereocenters. The molecule has 1 saturated heterocycles. The number of urea groups is 1. The summed E-state index contributed by atoms with van der Waals surface area (Å²) in [4.78, 5) is 43.0. The predicted molar refractivity (Wildman–Crippen MR) is 155 cm³/mol. The molecule has 0 bridgehead atoms. The lowest BCUT2D eigenvalue weighted by Gasteiger charge is -2.38. The highest BCUT2D eigenvalue weighted by Gasteiger charge is 2.27. The van der Waals surface area contributed by atoms with Crippen LogP contribution in [0.3, 0.4) is 0 Å². The molecule has 1 unspecified atom stereocenters. The van der Waals surface area contributed by atoms with Crippen molar-refractivity contribution in [3.8, 4) is 0 Å². The van der Waals surface area contributed by atoms with Gasteiger partial charge in [0.15, 0.2) is 0 Å². The van der Waals surface area contributed by atoms with Gasteiger partial charge < -0.3 is 20.0 Å². The molecular formula is C28H45ClN6O3. The summed E-state index contributed by atoms with van der Waals surface area (Å²) >= 11 is 0. The SMILES string of the molecule is CCCN(CC1CCN(C(=O)N(CC)CC)CC1)C(C)Cc1cccc(NC(=O)C2=NNC(=O)CC2)c1.Cl. The zero-order valence-electron chi connectivity index (χ0n) is 23.4. The Kier molecular flexibility index (Phi) is 13.0. The summed E-state index contributed by atoms with van der Waals surface area (Å²) in [6.45, 7) is 13.9. The van der Waals surface area contributed by atoms with Gasteiger partial charge in [-0.3, -0.25) is 9.59 Å². The Morgan fingerprint density at radius 2 is 1.87 bits per heavy atom. The number of halogens is 1. The third-order valence-corrected chi connectivity index (χ3v) is 7.43. The average Bonchev–Trinajstić information content (AvgIpc) is 2.90. The minimum absolute atomic E-state index is 0. The molecule has 1 aromatic carbocycles. The van der Waals surface area contributed by atoms with Gasteiger partial charge in [-0.2, -0.15) is 5.10 Å². The minimum Gasteiger partial charge on any atom is -0.325 e. The van der Waals surface area contributed by atoms with Crippen molar-refractivity contribution in [2.45, 2.75) is 72.3 Å². The molecule has 1 aromatic rings. The molecule has 10 heteroatoms. The van der Waals surface area contributed by atoms with Gasteiger partial charge in [0, 0.05) is 57.3 Å². The van der Waals surface area contributed by atoms with Gasteiger partial charge in [-0.05, 0) is 76.6 Å². The largest absolute Gasteiger partial charge is 0.325 e. The van der Waals surface area contributed by atoms with Crippen molar-refractivity contribution in [2.75, 3.05) is 44.6 Å². The van der Waals surface area contributed by atoms with E-state index in [1.165, 1.54) is 5.56 Å². The molecule has 0 spiro atoms. The van der Waals surface area contributed by atoms with Crippen LogP contribution in [-0.2, 0) is 16.0 Å². The molecule has 0 saturated carbocycles. The Morgan fingerprint density at radius 1 is 1.16 bits per heavy atom. The van der Waals surface area contributed by atoms with Crippen LogP contribution >= 0.6 is 12.4 Å². The molecule has 2 aliphatic rings. The number of carbonyl (C=O) groups excluding carboxylic acids is 3. The predicted octanol–water partition coefficient (Wildman–Crippen LogP) is 4.13. The standard InChI is InChI=1S/C28H44N6O3.ClH/c1-5-15-34(20-22-13-16-33(17-14-22)28(37)32(6-2)7-3)21(4)18-23-9-8-10-24(19-23)29-27(36)25-11-12-26(35)31-30-25;/h8-10,19,21-22H,5-7,11-18,20H2,1-4H3,(H,29,36)(H,31,35);1H. The molecule has 38 heavy (non-hydrogen) atoms. The fraction of sp³-hybridized carbons (Fsp3) is 0.643. The van der Waals surface area contributed by atoms with E-state index in [2.05, 4.69) is 40.7 Å². The van der Waals surface area contributed by atoms with Crippen LogP contribution in [0.15, 0.2) is 29.4 Å². The van der Waals surface area contributed by atoms with Gasteiger partial charge in [-0.15, -0.1) is 12.4 Å². The van der Waals surface area contributed by atoms with Crippen LogP contribution in [-0.4, -0.2) is 83.6 Å². The summed E-state index contributed by atoms with van der Waals surface area (Å²) in [5, 5.41) is 6.80. The molecule has 2 N–H and O–H groups in total. The quantitative estimate of drug-likeness (QED) is 0.434. The van der Waals surface area contributed by atoms with E-state index >= 15 is 0 Å². The maximum absolute atomic E-state index is 12.7. The smallest absolute Gasteiger partial charge is 0.319 e. The van der Waals surface area contributed by atoms with Crippen molar-refractivity contribution >= 4 is 41.7 Å². The summed E-state index contributed by atoms with van der Waals surface area (Å²) in [5.74, 6) is 0.156. The molecule has 0 radical (unpaired) electrons. The van der Waals surface area contributed by atoms with Crippen molar-refractivity contribution in [3.63, 3.8) is 0 Å². The van der Waals surface area contributed by atoms with Gasteiger partial charge in [-0.1, -0.05) is 19.1 Å². The van der Waals surface area contributed by atoms with E-state index in [0.717, 1.165) is 70.6 Å². The van der Waals surface area contributed by atoms with E-state index in [4.69, 9.17) is 0 Å². The zero-order valence-corrected chi connectivity index (χ0v) is 24.2. The zero-order chi connectivity index (χ0) is 26.8. The normalized spacial score (nSPS) is 16.8. The monoisotopic (exact) mass is 548 g/mol. The average molecular weight is 549 g/mol. The number of nitrogens with zero attached hydrogens (tertiary/aromatic N) is 4. The maximum atomic E-state index is 12.7. The number of hydrazone groups is 1. The van der Waals surface area contributed by atoms with E-state index in [1.807, 2.05) is 41.8 Å². The molecule has 4 amide bonds. The second-order valence-corrected chi connectivity index (χ2v) is 10.2. The molecule has 1 fully saturated rings. The fourth-order valence-corrected chi connectivity index (χ4v) is 5.20. The minimum atomic E-state index is -0.274. The number of anilines is 1. The second kappa shape index (κ2) is 15.7. The van der Waals surface area contributed by atoms with E-state index in [9.17, 15) is 14.4 Å². The Bertz CT molecular complexity index is 960. The van der Waals surface area contributed by atoms with E-state index < -0.39 is 0 Å². The van der Waals surface area contributed by atoms with Crippen molar-refractivity contribution in [1.82, 2.24) is 20.1 Å². The summed E-state index contributed by atoms with van der Waals surface area (Å²) in [6, 6.07) is 8.51. The molecule has 9 nitrogen and oxygen atoms in total. The van der Waals surface area contributed by atoms with Gasteiger partial charge in [0.05, 0.1) is 0 Å². The second-order valence-electron chi connectivity index (χ2n) is 10.2. The first-order chi connectivity index (χ1) is 17.8. The summed E-state index contributed by atoms with van der Waals surface area (Å²) < 4.78 is 0. The number of benzene rings is 1. The van der Waals surface area contributed by atoms with Gasteiger partial charge in [0.2, 0.25) is 5.91 Å². The third kappa shape index (κ3) is 8.98. The highest BCUT2D eigenvalue weighted by molar-refractivity contribution is 6.43. The van der Waals surface area contributed by atoms with E-state index in [0.29, 0.717) is 24.1 Å². The molecule has 2 heterocycles. The van der Waals surface area contributed by atoms with Crippen molar-refractivity contribution in [1.29, 1.82) is 0 Å². The summed E-state index contributed by atoms with van der Waals surface area (Å²) in [6.07, 6.45) is 4.71. The van der Waals surface area contributed by atoms with Gasteiger partial charge >= 0.3 is 6.03 Å². The van der Waals surface area contributed by atoms with Crippen LogP contribution in [0.2, 0.25) is 0 Å². The molecule has 2 aliphatic heterocycles. The van der Waals surface area contributed by atoms with E-state index in [1.54, 1.807) is 0 Å². The Morgan fingerprint density at radius 3 is 2.47 bits per heavy atom. The van der Waals surface area contributed by atoms with Crippen molar-refractivity contribution in [3.05, 3.63) is 29.8 Å². The number of amides is 4. The number of hydrogen-bond donors (Lipinski definition) is 2. The Hall–Kier alpha value is -2.65. The van der Waals surface area contributed by atoms with Crippen LogP contribution in [0.25, 0.3) is 0 Å². The number of hydrogen-bond acceptors (Lipinski definition) is 5. The number of piperidine rings is 1. The van der Waals surface area contributed by atoms with Gasteiger partial charge in [0.1, 0.15) is 5.71 Å². The fourth-order valence-electron chi connectivity index (χ4n) is 5.20. The topological polar surface area (TPSA) is 97.3 Å². The van der Waals surface area contributed by atoms with Crippen molar-refractivity contribution in [2.24, 2.45) is 11.0 Å². The highest BCUT2D eigenvalue weighted by Crippen LogP contribution is 2.22. The molecule has 0 aromatic heterocycles. The van der Waals surface area contributed by atoms with Crippen LogP contribution in [0.4, 0.5) is 10.5 Å². The summed E-state index contributed by atoms with van der Waals surface area (Å²) in [7, 11) is 0. The number of carbonyl (C=O) groups is 3. The van der Waals surface area contributed by atoms with Gasteiger partial charge in [0.25, 0.3) is 5.91 Å². The first kappa shape index (κ1) is 31.6. The third-order valence-electron chi connectivity index (χ3n) is 7.43. The van der Waals surface area contributed by atoms with Crippen LogP contribution in [0, 0.1) is 5.92 Å². The lowest BCUT2D eigenvalue weighted by atomic mass is 9.95. The first-order valence-electron chi connectivity index (χ1n) is 13.9. The molecular weight excluding hydrogens is 504 g/mol. The maximum Gasteiger partial charge on any atom is 0.319 e. The number of nitrogens with one attached hydrogen (secondary N) is 2. The number of likely N-dealkylation sites (tertiary alicyclic amines) is 1. The molecule has 3 rings (SSSR count). The van der Waals surface area contributed by atoms with Crippen LogP contribution in [0.1, 0.15) is 65.4 Å². The van der Waals surface area contributed by atoms with E-state index in [-0.39, 0.29) is 36.7 Å². The lowest BCUT2D eigenvalue weighted by molar-refractivity contribution is -0.121. The Labute approximate surface area is 233 Å². The lowest BCUT2D eigenvalue weighted by Crippen LogP contribution is -2.48. The van der Waals surface area contributed by atoms with Crippen LogP contribution < -0.4 is 10.7 Å². The van der Waals surface area contributed by atoms with Crippen LogP contribution in [0.5, 0.6) is 0 Å². The highest BCUT2D eigenvalue weighted by atomic mass is 35.5. The molecule has 0 aliphatic carbocycles. The Balaban J connectivity index is 0.00000507. The first-order valence-corrected chi connectivity index (χ1v) is 13.9. The summed E-state index contributed by atoms with van der Waals surface area (Å²) in [5.41, 5.74) is 4.63.